The Balaban J connectivity index is 1.94. The molecule has 0 saturated carbocycles. The zero-order valence-electron chi connectivity index (χ0n) is 11.6. The van der Waals surface area contributed by atoms with Crippen LogP contribution in [0, 0.1) is 0 Å². The largest absolute Gasteiger partial charge is 0.497 e. The molecule has 4 nitrogen and oxygen atoms in total. The lowest BCUT2D eigenvalue weighted by atomic mass is 10.1. The molecule has 21 heavy (non-hydrogen) atoms. The molecule has 0 unspecified atom stereocenters. The van der Waals surface area contributed by atoms with E-state index in [4.69, 9.17) is 21.4 Å². The van der Waals surface area contributed by atoms with Gasteiger partial charge >= 0.3 is 5.97 Å². The van der Waals surface area contributed by atoms with Gasteiger partial charge in [0, 0.05) is 12.2 Å². The van der Waals surface area contributed by atoms with Crippen molar-refractivity contribution in [2.24, 2.45) is 0 Å². The van der Waals surface area contributed by atoms with Crippen molar-refractivity contribution in [1.82, 2.24) is 0 Å². The van der Waals surface area contributed by atoms with E-state index in [1.54, 1.807) is 19.2 Å². The molecular weight excluding hydrogens is 290 g/mol. The number of carboxylic acids is 1. The first-order chi connectivity index (χ1) is 10.1. The maximum absolute atomic E-state index is 10.9. The van der Waals surface area contributed by atoms with Gasteiger partial charge < -0.3 is 15.2 Å². The summed E-state index contributed by atoms with van der Waals surface area (Å²) in [4.78, 5) is 10.9. The summed E-state index contributed by atoms with van der Waals surface area (Å²) in [6.07, 6.45) is 0.829. The number of nitrogens with one attached hydrogen (secondary N) is 1. The molecule has 0 bridgehead atoms. The summed E-state index contributed by atoms with van der Waals surface area (Å²) in [6.45, 7) is 0.718. The average Bonchev–Trinajstić information content (AvgIpc) is 2.47. The molecule has 0 atom stereocenters. The van der Waals surface area contributed by atoms with Crippen molar-refractivity contribution in [3.8, 4) is 5.75 Å². The third-order valence-electron chi connectivity index (χ3n) is 3.08. The van der Waals surface area contributed by atoms with Crippen molar-refractivity contribution < 1.29 is 14.6 Å². The molecule has 0 heterocycles. The second kappa shape index (κ2) is 6.99. The molecule has 5 heteroatoms. The second-order valence-corrected chi connectivity index (χ2v) is 4.94. The van der Waals surface area contributed by atoms with E-state index in [-0.39, 0.29) is 10.6 Å². The molecule has 0 aliphatic heterocycles. The number of aromatic carboxylic acids is 1. The smallest absolute Gasteiger partial charge is 0.337 e. The minimum absolute atomic E-state index is 0.106. The molecule has 2 aromatic carbocycles. The van der Waals surface area contributed by atoms with Gasteiger partial charge in [0.2, 0.25) is 0 Å². The van der Waals surface area contributed by atoms with E-state index in [9.17, 15) is 4.79 Å². The van der Waals surface area contributed by atoms with Gasteiger partial charge in [-0.25, -0.2) is 4.79 Å². The number of carbonyl (C=O) groups is 1. The van der Waals surface area contributed by atoms with Gasteiger partial charge in [-0.1, -0.05) is 23.7 Å². The minimum Gasteiger partial charge on any atom is -0.497 e. The molecule has 2 N–H and O–H groups in total. The lowest BCUT2D eigenvalue weighted by molar-refractivity contribution is 0.0697. The van der Waals surface area contributed by atoms with Crippen LogP contribution < -0.4 is 10.1 Å². The van der Waals surface area contributed by atoms with Crippen LogP contribution in [0.4, 0.5) is 5.69 Å². The summed E-state index contributed by atoms with van der Waals surface area (Å²) in [5.74, 6) is -0.190. The van der Waals surface area contributed by atoms with Crippen LogP contribution in [0.2, 0.25) is 5.02 Å². The van der Waals surface area contributed by atoms with Gasteiger partial charge in [0.05, 0.1) is 17.7 Å². The number of hydrogen-bond donors (Lipinski definition) is 2. The van der Waals surface area contributed by atoms with Crippen LogP contribution in [-0.4, -0.2) is 24.7 Å². The van der Waals surface area contributed by atoms with Crippen LogP contribution in [0.3, 0.4) is 0 Å². The topological polar surface area (TPSA) is 58.6 Å². The average molecular weight is 306 g/mol. The van der Waals surface area contributed by atoms with Crippen molar-refractivity contribution >= 4 is 23.3 Å². The van der Waals surface area contributed by atoms with E-state index in [0.717, 1.165) is 30.0 Å². The molecule has 2 rings (SSSR count). The molecule has 0 radical (unpaired) electrons. The fourth-order valence-corrected chi connectivity index (χ4v) is 2.24. The van der Waals surface area contributed by atoms with Crippen molar-refractivity contribution in [2.45, 2.75) is 6.42 Å². The minimum atomic E-state index is -1.03. The van der Waals surface area contributed by atoms with Crippen LogP contribution in [0.1, 0.15) is 15.9 Å². The maximum Gasteiger partial charge on any atom is 0.337 e. The quantitative estimate of drug-likeness (QED) is 0.854. The van der Waals surface area contributed by atoms with Gasteiger partial charge in [-0.3, -0.25) is 0 Å². The molecule has 0 saturated heterocycles. The molecular formula is C16H16ClNO3. The number of anilines is 1. The molecule has 2 aromatic rings. The highest BCUT2D eigenvalue weighted by molar-refractivity contribution is 6.33. The van der Waals surface area contributed by atoms with Crippen molar-refractivity contribution in [2.75, 3.05) is 19.0 Å². The number of halogens is 1. The number of carboxylic acid groups (broad SMARTS) is 1. The van der Waals surface area contributed by atoms with E-state index >= 15 is 0 Å². The standard InChI is InChI=1S/C16H16ClNO3/c1-21-13-4-2-3-11(9-13)7-8-18-12-5-6-14(16(19)20)15(17)10-12/h2-6,9-10,18H,7-8H2,1H3,(H,19,20). The first-order valence-corrected chi connectivity index (χ1v) is 6.87. The van der Waals surface area contributed by atoms with E-state index < -0.39 is 5.97 Å². The summed E-state index contributed by atoms with van der Waals surface area (Å²) in [5, 5.41) is 12.4. The third-order valence-corrected chi connectivity index (χ3v) is 3.39. The summed E-state index contributed by atoms with van der Waals surface area (Å²) >= 11 is 5.92. The number of methoxy groups -OCH3 is 1. The highest BCUT2D eigenvalue weighted by atomic mass is 35.5. The number of rotatable bonds is 6. The zero-order valence-corrected chi connectivity index (χ0v) is 12.4. The predicted molar refractivity (Wildman–Crippen MR) is 83.6 cm³/mol. The highest BCUT2D eigenvalue weighted by Crippen LogP contribution is 2.21. The Bertz CT molecular complexity index is 643. The Morgan fingerprint density at radius 2 is 2.10 bits per heavy atom. The SMILES string of the molecule is COc1cccc(CCNc2ccc(C(=O)O)c(Cl)c2)c1. The third kappa shape index (κ3) is 4.13. The van der Waals surface area contributed by atoms with Crippen LogP contribution >= 0.6 is 11.6 Å². The normalized spacial score (nSPS) is 10.2. The van der Waals surface area contributed by atoms with Gasteiger partial charge in [0.15, 0.2) is 0 Å². The second-order valence-electron chi connectivity index (χ2n) is 4.53. The van der Waals surface area contributed by atoms with Crippen LogP contribution in [0.25, 0.3) is 0 Å². The first kappa shape index (κ1) is 15.2. The Morgan fingerprint density at radius 3 is 2.76 bits per heavy atom. The molecule has 0 aromatic heterocycles. The van der Waals surface area contributed by atoms with Crippen molar-refractivity contribution in [3.63, 3.8) is 0 Å². The predicted octanol–water partition coefficient (Wildman–Crippen LogP) is 3.70. The van der Waals surface area contributed by atoms with E-state index in [1.165, 1.54) is 6.07 Å². The Hall–Kier alpha value is -2.20. The summed E-state index contributed by atoms with van der Waals surface area (Å²) in [5.41, 5.74) is 2.07. The van der Waals surface area contributed by atoms with Gasteiger partial charge in [-0.05, 0) is 42.3 Å². The van der Waals surface area contributed by atoms with E-state index in [1.807, 2.05) is 24.3 Å². The van der Waals surface area contributed by atoms with Crippen molar-refractivity contribution in [1.29, 1.82) is 0 Å². The molecule has 0 spiro atoms. The zero-order chi connectivity index (χ0) is 15.2. The Labute approximate surface area is 128 Å². The summed E-state index contributed by atoms with van der Waals surface area (Å²) in [6, 6.07) is 12.7. The van der Waals surface area contributed by atoms with Crippen LogP contribution in [-0.2, 0) is 6.42 Å². The molecule has 0 aliphatic carbocycles. The molecule has 0 aliphatic rings. The van der Waals surface area contributed by atoms with E-state index in [0.29, 0.717) is 0 Å². The first-order valence-electron chi connectivity index (χ1n) is 6.50. The fourth-order valence-electron chi connectivity index (χ4n) is 1.98. The molecule has 110 valence electrons. The Kier molecular flexibility index (Phi) is 5.06. The van der Waals surface area contributed by atoms with Gasteiger partial charge in [0.1, 0.15) is 5.75 Å². The van der Waals surface area contributed by atoms with Gasteiger partial charge in [-0.2, -0.15) is 0 Å². The van der Waals surface area contributed by atoms with Crippen LogP contribution in [0.15, 0.2) is 42.5 Å². The molecule has 0 fully saturated rings. The van der Waals surface area contributed by atoms with Gasteiger partial charge in [0.25, 0.3) is 0 Å². The van der Waals surface area contributed by atoms with Gasteiger partial charge in [-0.15, -0.1) is 0 Å². The summed E-state index contributed by atoms with van der Waals surface area (Å²) in [7, 11) is 1.64. The number of hydrogen-bond acceptors (Lipinski definition) is 3. The molecule has 0 amide bonds. The van der Waals surface area contributed by atoms with Crippen LogP contribution in [0.5, 0.6) is 5.75 Å². The highest BCUT2D eigenvalue weighted by Gasteiger charge is 2.08. The lowest BCUT2D eigenvalue weighted by Crippen LogP contribution is -2.06. The number of ether oxygens (including phenoxy) is 1. The summed E-state index contributed by atoms with van der Waals surface area (Å²) < 4.78 is 5.18. The lowest BCUT2D eigenvalue weighted by Gasteiger charge is -2.09. The number of benzene rings is 2. The van der Waals surface area contributed by atoms with E-state index in [2.05, 4.69) is 5.32 Å². The maximum atomic E-state index is 10.9. The Morgan fingerprint density at radius 1 is 1.29 bits per heavy atom. The monoisotopic (exact) mass is 305 g/mol. The van der Waals surface area contributed by atoms with Crippen molar-refractivity contribution in [3.05, 3.63) is 58.6 Å². The fraction of sp³-hybridized carbons (Fsp3) is 0.188.